The highest BCUT2D eigenvalue weighted by Crippen LogP contribution is 2.37. The van der Waals surface area contributed by atoms with Crippen molar-refractivity contribution >= 4 is 0 Å². The molecule has 0 aliphatic carbocycles. The van der Waals surface area contributed by atoms with Gasteiger partial charge in [0.1, 0.15) is 0 Å². The van der Waals surface area contributed by atoms with Crippen molar-refractivity contribution in [3.63, 3.8) is 0 Å². The highest BCUT2D eigenvalue weighted by atomic mass is 19.4. The van der Waals surface area contributed by atoms with Crippen molar-refractivity contribution in [3.05, 3.63) is 35.4 Å². The summed E-state index contributed by atoms with van der Waals surface area (Å²) < 4.78 is 38.7. The van der Waals surface area contributed by atoms with Crippen molar-refractivity contribution in [2.75, 3.05) is 32.7 Å². The minimum atomic E-state index is -4.37. The number of rotatable bonds is 3. The lowest BCUT2D eigenvalue weighted by molar-refractivity contribution is -0.137. The molecule has 1 aromatic carbocycles. The molecule has 0 bridgehead atoms. The zero-order valence-electron chi connectivity index (χ0n) is 13.8. The Kier molecular flexibility index (Phi) is 5.18. The lowest BCUT2D eigenvalue weighted by Crippen LogP contribution is -2.46. The second-order valence-corrected chi connectivity index (χ2v) is 7.12. The number of aliphatic hydroxyl groups is 1. The summed E-state index contributed by atoms with van der Waals surface area (Å²) in [7, 11) is 0. The fraction of sp³-hybridized carbons (Fsp3) is 0.667. The van der Waals surface area contributed by atoms with Crippen LogP contribution in [0.25, 0.3) is 0 Å². The first-order chi connectivity index (χ1) is 11.4. The Morgan fingerprint density at radius 1 is 1.25 bits per heavy atom. The molecule has 1 aromatic rings. The standard InChI is InChI=1S/C18H25F3N2O/c19-18(20,21)16-5-1-4-15(11-16)17(24)6-9-23(10-7-17)13-14-3-2-8-22-12-14/h1,4-5,11,14,22,24H,2-3,6-10,12-13H2/t14-/m1/s1. The maximum absolute atomic E-state index is 12.9. The van der Waals surface area contributed by atoms with Gasteiger partial charge in [-0.3, -0.25) is 0 Å². The number of nitrogens with zero attached hydrogens (tertiary/aromatic N) is 1. The molecule has 0 spiro atoms. The highest BCUT2D eigenvalue weighted by molar-refractivity contribution is 5.30. The minimum absolute atomic E-state index is 0.385. The van der Waals surface area contributed by atoms with Crippen molar-refractivity contribution in [2.24, 2.45) is 5.92 Å². The second kappa shape index (κ2) is 7.02. The fourth-order valence-electron chi connectivity index (χ4n) is 3.82. The molecule has 2 heterocycles. The van der Waals surface area contributed by atoms with Crippen LogP contribution in [-0.2, 0) is 11.8 Å². The molecule has 1 atom stereocenters. The lowest BCUT2D eigenvalue weighted by Gasteiger charge is -2.40. The minimum Gasteiger partial charge on any atom is -0.385 e. The smallest absolute Gasteiger partial charge is 0.385 e. The van der Waals surface area contributed by atoms with Gasteiger partial charge >= 0.3 is 6.18 Å². The van der Waals surface area contributed by atoms with Crippen LogP contribution in [0.2, 0.25) is 0 Å². The zero-order valence-corrected chi connectivity index (χ0v) is 13.8. The molecular formula is C18H25F3N2O. The van der Waals surface area contributed by atoms with Crippen LogP contribution < -0.4 is 5.32 Å². The maximum Gasteiger partial charge on any atom is 0.416 e. The monoisotopic (exact) mass is 342 g/mol. The van der Waals surface area contributed by atoms with E-state index in [1.165, 1.54) is 18.9 Å². The molecule has 0 aromatic heterocycles. The van der Waals surface area contributed by atoms with Crippen molar-refractivity contribution < 1.29 is 18.3 Å². The number of nitrogens with one attached hydrogen (secondary N) is 1. The van der Waals surface area contributed by atoms with Crippen LogP contribution in [0.1, 0.15) is 36.8 Å². The van der Waals surface area contributed by atoms with Crippen LogP contribution in [0, 0.1) is 5.92 Å². The van der Waals surface area contributed by atoms with Gasteiger partial charge in [-0.15, -0.1) is 0 Å². The van der Waals surface area contributed by atoms with Gasteiger partial charge in [-0.2, -0.15) is 13.2 Å². The van der Waals surface area contributed by atoms with E-state index >= 15 is 0 Å². The second-order valence-electron chi connectivity index (χ2n) is 7.12. The van der Waals surface area contributed by atoms with Gasteiger partial charge in [0, 0.05) is 19.6 Å². The van der Waals surface area contributed by atoms with Gasteiger partial charge in [0.05, 0.1) is 11.2 Å². The largest absolute Gasteiger partial charge is 0.416 e. The summed E-state index contributed by atoms with van der Waals surface area (Å²) in [6, 6.07) is 5.14. The van der Waals surface area contributed by atoms with E-state index in [1.807, 2.05) is 0 Å². The van der Waals surface area contributed by atoms with Crippen LogP contribution in [-0.4, -0.2) is 42.7 Å². The number of piperidine rings is 2. The summed E-state index contributed by atoms with van der Waals surface area (Å²) >= 11 is 0. The van der Waals surface area contributed by atoms with Crippen molar-refractivity contribution in [2.45, 2.75) is 37.5 Å². The molecule has 0 unspecified atom stereocenters. The number of benzene rings is 1. The van der Waals surface area contributed by atoms with Gasteiger partial charge in [-0.25, -0.2) is 0 Å². The predicted molar refractivity (Wildman–Crippen MR) is 86.6 cm³/mol. The number of hydrogen-bond acceptors (Lipinski definition) is 3. The molecular weight excluding hydrogens is 317 g/mol. The first-order valence-corrected chi connectivity index (χ1v) is 8.70. The average Bonchev–Trinajstić information content (AvgIpc) is 2.57. The molecule has 2 saturated heterocycles. The number of hydrogen-bond donors (Lipinski definition) is 2. The van der Waals surface area contributed by atoms with E-state index in [0.717, 1.165) is 44.9 Å². The van der Waals surface area contributed by atoms with Crippen LogP contribution in [0.4, 0.5) is 13.2 Å². The van der Waals surface area contributed by atoms with Crippen molar-refractivity contribution in [1.29, 1.82) is 0 Å². The Morgan fingerprint density at radius 3 is 2.62 bits per heavy atom. The van der Waals surface area contributed by atoms with Crippen molar-refractivity contribution in [1.82, 2.24) is 10.2 Å². The summed E-state index contributed by atoms with van der Waals surface area (Å²) in [6.45, 7) is 4.58. The molecule has 2 N–H and O–H groups in total. The molecule has 3 nitrogen and oxygen atoms in total. The lowest BCUT2D eigenvalue weighted by atomic mass is 9.83. The number of likely N-dealkylation sites (tertiary alicyclic amines) is 1. The fourth-order valence-corrected chi connectivity index (χ4v) is 3.82. The molecule has 3 rings (SSSR count). The third kappa shape index (κ3) is 4.10. The predicted octanol–water partition coefficient (Wildman–Crippen LogP) is 2.99. The molecule has 2 aliphatic rings. The molecule has 2 aliphatic heterocycles. The molecule has 0 radical (unpaired) electrons. The van der Waals surface area contributed by atoms with E-state index in [-0.39, 0.29) is 0 Å². The van der Waals surface area contributed by atoms with Crippen LogP contribution in [0.15, 0.2) is 24.3 Å². The Morgan fingerprint density at radius 2 is 2.00 bits per heavy atom. The van der Waals surface area contributed by atoms with Gasteiger partial charge in [-0.05, 0) is 62.4 Å². The van der Waals surface area contributed by atoms with E-state index in [1.54, 1.807) is 6.07 Å². The topological polar surface area (TPSA) is 35.5 Å². The zero-order chi connectivity index (χ0) is 17.2. The summed E-state index contributed by atoms with van der Waals surface area (Å²) in [6.07, 6.45) is -0.988. The van der Waals surface area contributed by atoms with Crippen LogP contribution in [0.3, 0.4) is 0 Å². The SMILES string of the molecule is OC1(c2cccc(C(F)(F)F)c2)CCN(C[C@@H]2CCCNC2)CC1. The Bertz CT molecular complexity index is 547. The van der Waals surface area contributed by atoms with Crippen LogP contribution >= 0.6 is 0 Å². The van der Waals surface area contributed by atoms with E-state index in [2.05, 4.69) is 10.2 Å². The van der Waals surface area contributed by atoms with Gasteiger partial charge in [0.15, 0.2) is 0 Å². The van der Waals surface area contributed by atoms with Crippen molar-refractivity contribution in [3.8, 4) is 0 Å². The Labute approximate surface area is 140 Å². The molecule has 2 fully saturated rings. The van der Waals surface area contributed by atoms with E-state index in [9.17, 15) is 18.3 Å². The van der Waals surface area contributed by atoms with Crippen LogP contribution in [0.5, 0.6) is 0 Å². The highest BCUT2D eigenvalue weighted by Gasteiger charge is 2.37. The quantitative estimate of drug-likeness (QED) is 0.886. The molecule has 0 saturated carbocycles. The third-order valence-corrected chi connectivity index (χ3v) is 5.33. The Hall–Kier alpha value is -1.11. The Balaban J connectivity index is 1.62. The van der Waals surface area contributed by atoms with Gasteiger partial charge in [0.2, 0.25) is 0 Å². The third-order valence-electron chi connectivity index (χ3n) is 5.33. The van der Waals surface area contributed by atoms with E-state index in [0.29, 0.717) is 24.3 Å². The first-order valence-electron chi connectivity index (χ1n) is 8.70. The normalized spacial score (nSPS) is 25.6. The first kappa shape index (κ1) is 17.7. The summed E-state index contributed by atoms with van der Waals surface area (Å²) in [5.41, 5.74) is -1.46. The maximum atomic E-state index is 12.9. The summed E-state index contributed by atoms with van der Waals surface area (Å²) in [5.74, 6) is 0.638. The molecule has 6 heteroatoms. The number of alkyl halides is 3. The van der Waals surface area contributed by atoms with Gasteiger partial charge in [0.25, 0.3) is 0 Å². The molecule has 24 heavy (non-hydrogen) atoms. The summed E-state index contributed by atoms with van der Waals surface area (Å²) in [4.78, 5) is 2.33. The number of halogens is 3. The van der Waals surface area contributed by atoms with E-state index < -0.39 is 17.3 Å². The van der Waals surface area contributed by atoms with Gasteiger partial charge in [-0.1, -0.05) is 12.1 Å². The molecule has 134 valence electrons. The average molecular weight is 342 g/mol. The molecule has 0 amide bonds. The summed E-state index contributed by atoms with van der Waals surface area (Å²) in [5, 5.41) is 14.3. The van der Waals surface area contributed by atoms with Gasteiger partial charge < -0.3 is 15.3 Å². The van der Waals surface area contributed by atoms with E-state index in [4.69, 9.17) is 0 Å².